The molecular formula is C17H13BF4N4O2. The van der Waals surface area contributed by atoms with Crippen LogP contribution in [-0.4, -0.2) is 54.2 Å². The monoisotopic (exact) mass is 392 g/mol. The van der Waals surface area contributed by atoms with Gasteiger partial charge < -0.3 is 4.79 Å². The number of benzene rings is 1. The van der Waals surface area contributed by atoms with E-state index in [1.54, 1.807) is 0 Å². The number of anilines is 1. The second-order valence-corrected chi connectivity index (χ2v) is 6.27. The quantitative estimate of drug-likeness (QED) is 0.482. The highest BCUT2D eigenvalue weighted by Gasteiger charge is 2.47. The summed E-state index contributed by atoms with van der Waals surface area (Å²) in [4.78, 5) is 32.0. The molecule has 2 radical (unpaired) electrons. The Balaban J connectivity index is 1.86. The third kappa shape index (κ3) is 4.19. The van der Waals surface area contributed by atoms with Crippen molar-refractivity contribution in [1.82, 2.24) is 14.9 Å². The van der Waals surface area contributed by atoms with Crippen molar-refractivity contribution in [2.24, 2.45) is 0 Å². The van der Waals surface area contributed by atoms with Crippen molar-refractivity contribution in [3.05, 3.63) is 47.5 Å². The van der Waals surface area contributed by atoms with Crippen LogP contribution in [0.5, 0.6) is 0 Å². The summed E-state index contributed by atoms with van der Waals surface area (Å²) in [5.74, 6) is -3.55. The molecule has 11 heteroatoms. The maximum atomic E-state index is 13.6. The maximum Gasteiger partial charge on any atom is 0.396 e. The molecule has 28 heavy (non-hydrogen) atoms. The number of hydrogen-bond acceptors (Lipinski definition) is 5. The van der Waals surface area contributed by atoms with E-state index in [4.69, 9.17) is 7.85 Å². The van der Waals surface area contributed by atoms with Crippen molar-refractivity contribution < 1.29 is 27.2 Å². The molecule has 0 saturated carbocycles. The van der Waals surface area contributed by atoms with Crippen molar-refractivity contribution in [3.63, 3.8) is 0 Å². The molecule has 0 spiro atoms. The predicted octanol–water partition coefficient (Wildman–Crippen LogP) is 1.25. The molecule has 2 aromatic rings. The zero-order chi connectivity index (χ0) is 20.5. The zero-order valence-corrected chi connectivity index (χ0v) is 14.3. The molecular weight excluding hydrogens is 379 g/mol. The summed E-state index contributed by atoms with van der Waals surface area (Å²) in [7, 11) is 5.61. The van der Waals surface area contributed by atoms with Crippen LogP contribution >= 0.6 is 0 Å². The van der Waals surface area contributed by atoms with Crippen LogP contribution in [0, 0.1) is 5.82 Å². The Morgan fingerprint density at radius 1 is 1.29 bits per heavy atom. The van der Waals surface area contributed by atoms with Gasteiger partial charge in [-0.05, 0) is 11.1 Å². The van der Waals surface area contributed by atoms with Gasteiger partial charge in [0, 0.05) is 6.54 Å². The molecule has 0 aliphatic carbocycles. The Morgan fingerprint density at radius 3 is 2.57 bits per heavy atom. The Hall–Kier alpha value is -2.82. The molecule has 0 saturated heterocycles. The predicted molar refractivity (Wildman–Crippen MR) is 91.6 cm³/mol. The van der Waals surface area contributed by atoms with Crippen molar-refractivity contribution in [3.8, 4) is 0 Å². The number of fused-ring (bicyclic) bond motifs is 1. The number of aromatic nitrogens is 2. The third-order valence-corrected chi connectivity index (χ3v) is 4.36. The average molecular weight is 392 g/mol. The molecule has 144 valence electrons. The second-order valence-electron chi connectivity index (χ2n) is 6.27. The molecule has 1 aromatic heterocycles. The molecule has 0 fully saturated rings. The minimum Gasteiger partial charge on any atom is -0.301 e. The van der Waals surface area contributed by atoms with Crippen LogP contribution in [0.25, 0.3) is 0 Å². The smallest absolute Gasteiger partial charge is 0.301 e. The number of carbonyl (C=O) groups is 2. The molecule has 3 rings (SSSR count). The van der Waals surface area contributed by atoms with Crippen LogP contribution in [0.2, 0.25) is 0 Å². The Kier molecular flexibility index (Phi) is 5.46. The minimum absolute atomic E-state index is 0.0804. The fraction of sp³-hybridized carbons (Fsp3) is 0.294. The van der Waals surface area contributed by atoms with Crippen LogP contribution in [-0.2, 0) is 9.59 Å². The van der Waals surface area contributed by atoms with Crippen LogP contribution in [0.3, 0.4) is 0 Å². The van der Waals surface area contributed by atoms with E-state index in [9.17, 15) is 27.2 Å². The minimum atomic E-state index is -4.59. The van der Waals surface area contributed by atoms with Gasteiger partial charge in [-0.2, -0.15) is 13.2 Å². The van der Waals surface area contributed by atoms with E-state index in [0.29, 0.717) is 6.29 Å². The summed E-state index contributed by atoms with van der Waals surface area (Å²) in [5, 5.41) is 2.26. The molecule has 1 aliphatic rings. The number of rotatable bonds is 4. The van der Waals surface area contributed by atoms with Crippen LogP contribution in [0.4, 0.5) is 23.5 Å². The summed E-state index contributed by atoms with van der Waals surface area (Å²) >= 11 is 0. The van der Waals surface area contributed by atoms with Crippen molar-refractivity contribution in [1.29, 1.82) is 0 Å². The standard InChI is InChI=1S/C17H13BF4N4O2/c18-9-1-2-11-12(3-9)13(17(20,21)22)6-26(14(11)8-27)7-15(28)25-16-23-4-10(19)5-24-16/h1-5,8,13-14H,6-7H2,(H,23,24,25,28). The van der Waals surface area contributed by atoms with Crippen LogP contribution in [0.15, 0.2) is 30.6 Å². The Bertz CT molecular complexity index is 892. The van der Waals surface area contributed by atoms with E-state index in [2.05, 4.69) is 15.3 Å². The SMILES string of the molecule is [B]c1ccc2c(c1)C(C(F)(F)F)CN(CC(=O)Nc1ncc(F)cn1)C2C=O. The lowest BCUT2D eigenvalue weighted by molar-refractivity contribution is -0.160. The fourth-order valence-electron chi connectivity index (χ4n) is 3.14. The van der Waals surface area contributed by atoms with E-state index in [-0.39, 0.29) is 22.5 Å². The Morgan fingerprint density at radius 2 is 1.96 bits per heavy atom. The molecule has 2 atom stereocenters. The highest BCUT2D eigenvalue weighted by molar-refractivity contribution is 6.32. The second kappa shape index (κ2) is 7.66. The number of nitrogens with one attached hydrogen (secondary N) is 1. The molecule has 1 aromatic carbocycles. The van der Waals surface area contributed by atoms with E-state index in [1.807, 2.05) is 0 Å². The largest absolute Gasteiger partial charge is 0.396 e. The number of halogens is 4. The molecule has 6 nitrogen and oxygen atoms in total. The lowest BCUT2D eigenvalue weighted by Crippen LogP contribution is -2.46. The molecule has 2 unspecified atom stereocenters. The summed E-state index contributed by atoms with van der Waals surface area (Å²) in [6.07, 6.45) is -2.45. The topological polar surface area (TPSA) is 75.2 Å². The first-order valence-corrected chi connectivity index (χ1v) is 8.12. The number of alkyl halides is 3. The summed E-state index contributed by atoms with van der Waals surface area (Å²) in [6, 6.07) is 2.91. The Labute approximate surface area is 158 Å². The number of hydrogen-bond donors (Lipinski definition) is 1. The average Bonchev–Trinajstić information content (AvgIpc) is 2.62. The normalized spacial score (nSPS) is 19.7. The van der Waals surface area contributed by atoms with Gasteiger partial charge in [0.15, 0.2) is 5.82 Å². The van der Waals surface area contributed by atoms with E-state index >= 15 is 0 Å². The van der Waals surface area contributed by atoms with Gasteiger partial charge in [0.2, 0.25) is 11.9 Å². The summed E-state index contributed by atoms with van der Waals surface area (Å²) in [5.41, 5.74) is 0.212. The highest BCUT2D eigenvalue weighted by Crippen LogP contribution is 2.43. The van der Waals surface area contributed by atoms with Crippen molar-refractivity contribution in [2.45, 2.75) is 18.1 Å². The van der Waals surface area contributed by atoms with E-state index < -0.39 is 42.9 Å². The molecule has 0 bridgehead atoms. The summed E-state index contributed by atoms with van der Waals surface area (Å²) < 4.78 is 53.5. The van der Waals surface area contributed by atoms with E-state index in [1.165, 1.54) is 18.2 Å². The molecule has 1 N–H and O–H groups in total. The first kappa shape index (κ1) is 19.9. The molecule has 1 aliphatic heterocycles. The number of nitrogens with zero attached hydrogens (tertiary/aromatic N) is 3. The number of carbonyl (C=O) groups excluding carboxylic acids is 2. The third-order valence-electron chi connectivity index (χ3n) is 4.36. The van der Waals surface area contributed by atoms with E-state index in [0.717, 1.165) is 17.3 Å². The van der Waals surface area contributed by atoms with Gasteiger partial charge in [-0.3, -0.25) is 15.0 Å². The fourth-order valence-corrected chi connectivity index (χ4v) is 3.14. The van der Waals surface area contributed by atoms with Gasteiger partial charge in [-0.1, -0.05) is 23.7 Å². The van der Waals surface area contributed by atoms with Gasteiger partial charge in [0.05, 0.1) is 30.9 Å². The zero-order valence-electron chi connectivity index (χ0n) is 14.3. The van der Waals surface area contributed by atoms with Gasteiger partial charge in [0.25, 0.3) is 0 Å². The van der Waals surface area contributed by atoms with Crippen molar-refractivity contribution >= 4 is 31.5 Å². The first-order chi connectivity index (χ1) is 13.2. The summed E-state index contributed by atoms with van der Waals surface area (Å²) in [6.45, 7) is -1.11. The van der Waals surface area contributed by atoms with Crippen LogP contribution < -0.4 is 10.8 Å². The first-order valence-electron chi connectivity index (χ1n) is 8.12. The van der Waals surface area contributed by atoms with Crippen molar-refractivity contribution in [2.75, 3.05) is 18.4 Å². The van der Waals surface area contributed by atoms with Gasteiger partial charge in [0.1, 0.15) is 14.1 Å². The number of aldehydes is 1. The number of amides is 1. The molecule has 1 amide bonds. The van der Waals surface area contributed by atoms with Crippen LogP contribution in [0.1, 0.15) is 23.1 Å². The van der Waals surface area contributed by atoms with Gasteiger partial charge in [-0.25, -0.2) is 14.4 Å². The maximum absolute atomic E-state index is 13.6. The highest BCUT2D eigenvalue weighted by atomic mass is 19.4. The molecule has 2 heterocycles. The van der Waals surface area contributed by atoms with Gasteiger partial charge >= 0.3 is 6.18 Å². The lowest BCUT2D eigenvalue weighted by Gasteiger charge is -2.39. The van der Waals surface area contributed by atoms with Gasteiger partial charge in [-0.15, -0.1) is 0 Å². The lowest BCUT2D eigenvalue weighted by atomic mass is 9.81.